The van der Waals surface area contributed by atoms with Gasteiger partial charge >= 0.3 is 0 Å². The first-order valence-corrected chi connectivity index (χ1v) is 11.9. The summed E-state index contributed by atoms with van der Waals surface area (Å²) in [7, 11) is 2.13. The van der Waals surface area contributed by atoms with Gasteiger partial charge in [-0.15, -0.1) is 0 Å². The fraction of sp³-hybridized carbons (Fsp3) is 0.346. The fourth-order valence-electron chi connectivity index (χ4n) is 4.65. The molecule has 0 bridgehead atoms. The lowest BCUT2D eigenvalue weighted by atomic mass is 10.0. The molecule has 9 heteroatoms. The van der Waals surface area contributed by atoms with Gasteiger partial charge in [0.1, 0.15) is 5.82 Å². The van der Waals surface area contributed by atoms with Gasteiger partial charge in [0.15, 0.2) is 5.69 Å². The van der Waals surface area contributed by atoms with E-state index in [2.05, 4.69) is 32.4 Å². The number of likely N-dealkylation sites (tertiary alicyclic amines) is 1. The minimum absolute atomic E-state index is 0.0660. The highest BCUT2D eigenvalue weighted by Crippen LogP contribution is 2.28. The standard InChI is InChI=1S/C26H29FN6O2/c1-31-12-14-32(15-13-31)22-8-6-21(7-9-22)28-25(34)24-16-23(29-30-24)19-10-11-33(17-19)26(35)18-2-4-20(27)5-3-18/h2-9,16,19H,10-15,17H2,1H3,(H,28,34)(H,29,30)/t19-/m1/s1. The summed E-state index contributed by atoms with van der Waals surface area (Å²) in [5.74, 6) is -0.700. The van der Waals surface area contributed by atoms with Crippen LogP contribution in [0.5, 0.6) is 0 Å². The Morgan fingerprint density at radius 1 is 1.00 bits per heavy atom. The van der Waals surface area contributed by atoms with Crippen molar-refractivity contribution in [2.45, 2.75) is 12.3 Å². The normalized spacial score (nSPS) is 18.6. The summed E-state index contributed by atoms with van der Waals surface area (Å²) >= 11 is 0. The van der Waals surface area contributed by atoms with Gasteiger partial charge < -0.3 is 20.0 Å². The molecule has 2 saturated heterocycles. The third-order valence-corrected chi connectivity index (χ3v) is 6.83. The number of carbonyl (C=O) groups is 2. The maximum atomic E-state index is 13.2. The molecule has 2 fully saturated rings. The molecule has 2 aliphatic heterocycles. The largest absolute Gasteiger partial charge is 0.369 e. The number of benzene rings is 2. The molecule has 0 unspecified atom stereocenters. The number of carbonyl (C=O) groups excluding carboxylic acids is 2. The number of aromatic nitrogens is 2. The van der Waals surface area contributed by atoms with E-state index in [4.69, 9.17) is 0 Å². The first-order valence-electron chi connectivity index (χ1n) is 11.9. The highest BCUT2D eigenvalue weighted by Gasteiger charge is 2.29. The average molecular weight is 477 g/mol. The number of rotatable bonds is 5. The SMILES string of the molecule is CN1CCN(c2ccc(NC(=O)c3cc([C@@H]4CCN(C(=O)c5ccc(F)cc5)C4)[nH]n3)cc2)CC1. The summed E-state index contributed by atoms with van der Waals surface area (Å²) in [5, 5.41) is 10.1. The van der Waals surface area contributed by atoms with Crippen molar-refractivity contribution >= 4 is 23.2 Å². The van der Waals surface area contributed by atoms with Crippen molar-refractivity contribution in [3.05, 3.63) is 77.4 Å². The zero-order valence-corrected chi connectivity index (χ0v) is 19.7. The van der Waals surface area contributed by atoms with Gasteiger partial charge in [-0.05, 0) is 68.1 Å². The summed E-state index contributed by atoms with van der Waals surface area (Å²) in [6, 6.07) is 15.2. The van der Waals surface area contributed by atoms with Crippen LogP contribution in [0.25, 0.3) is 0 Å². The van der Waals surface area contributed by atoms with Crippen LogP contribution in [0.15, 0.2) is 54.6 Å². The van der Waals surface area contributed by atoms with Gasteiger partial charge in [0.25, 0.3) is 11.8 Å². The maximum Gasteiger partial charge on any atom is 0.276 e. The molecule has 2 N–H and O–H groups in total. The smallest absolute Gasteiger partial charge is 0.276 e. The first-order chi connectivity index (χ1) is 17.0. The number of piperazine rings is 1. The van der Waals surface area contributed by atoms with Crippen LogP contribution in [-0.4, -0.2) is 78.1 Å². The van der Waals surface area contributed by atoms with Crippen molar-refractivity contribution in [3.8, 4) is 0 Å². The van der Waals surface area contributed by atoms with Crippen LogP contribution in [0.2, 0.25) is 0 Å². The number of H-pyrrole nitrogens is 1. The molecule has 5 rings (SSSR count). The predicted octanol–water partition coefficient (Wildman–Crippen LogP) is 3.18. The van der Waals surface area contributed by atoms with E-state index < -0.39 is 0 Å². The molecule has 0 saturated carbocycles. The summed E-state index contributed by atoms with van der Waals surface area (Å²) in [6.45, 7) is 5.19. The summed E-state index contributed by atoms with van der Waals surface area (Å²) in [4.78, 5) is 31.9. The number of likely N-dealkylation sites (N-methyl/N-ethyl adjacent to an activating group) is 1. The number of nitrogens with zero attached hydrogens (tertiary/aromatic N) is 4. The van der Waals surface area contributed by atoms with Crippen LogP contribution in [0, 0.1) is 5.82 Å². The van der Waals surface area contributed by atoms with Crippen LogP contribution in [0.4, 0.5) is 15.8 Å². The highest BCUT2D eigenvalue weighted by molar-refractivity contribution is 6.03. The van der Waals surface area contributed by atoms with Crippen molar-refractivity contribution < 1.29 is 14.0 Å². The van der Waals surface area contributed by atoms with E-state index in [1.54, 1.807) is 11.0 Å². The Hall–Kier alpha value is -3.72. The van der Waals surface area contributed by atoms with Gasteiger partial charge in [-0.1, -0.05) is 0 Å². The van der Waals surface area contributed by atoms with Crippen molar-refractivity contribution in [3.63, 3.8) is 0 Å². The number of amides is 2. The topological polar surface area (TPSA) is 84.6 Å². The lowest BCUT2D eigenvalue weighted by Crippen LogP contribution is -2.44. The molecule has 3 aromatic rings. The Labute approximate surface area is 203 Å². The van der Waals surface area contributed by atoms with E-state index in [0.717, 1.165) is 49.7 Å². The summed E-state index contributed by atoms with van der Waals surface area (Å²) in [6.07, 6.45) is 0.768. The number of aromatic amines is 1. The van der Waals surface area contributed by atoms with Gasteiger partial charge in [0, 0.05) is 67.8 Å². The predicted molar refractivity (Wildman–Crippen MR) is 132 cm³/mol. The lowest BCUT2D eigenvalue weighted by molar-refractivity contribution is 0.0790. The number of anilines is 2. The number of halogens is 1. The van der Waals surface area contributed by atoms with Crippen LogP contribution in [0.1, 0.15) is 38.9 Å². The van der Waals surface area contributed by atoms with E-state index in [0.29, 0.717) is 24.3 Å². The molecule has 3 heterocycles. The molecular formula is C26H29FN6O2. The third-order valence-electron chi connectivity index (χ3n) is 6.83. The molecule has 182 valence electrons. The molecule has 0 aliphatic carbocycles. The van der Waals surface area contributed by atoms with Crippen molar-refractivity contribution in [1.82, 2.24) is 20.0 Å². The van der Waals surface area contributed by atoms with Crippen molar-refractivity contribution in [2.24, 2.45) is 0 Å². The highest BCUT2D eigenvalue weighted by atomic mass is 19.1. The van der Waals surface area contributed by atoms with E-state index in [1.165, 1.54) is 24.3 Å². The van der Waals surface area contributed by atoms with Gasteiger partial charge in [0.05, 0.1) is 0 Å². The van der Waals surface area contributed by atoms with Gasteiger partial charge in [-0.25, -0.2) is 4.39 Å². The molecular weight excluding hydrogens is 447 g/mol. The molecule has 2 amide bonds. The van der Waals surface area contributed by atoms with Crippen LogP contribution >= 0.6 is 0 Å². The quantitative estimate of drug-likeness (QED) is 0.591. The Bertz CT molecular complexity index is 1190. The van der Waals surface area contributed by atoms with E-state index in [9.17, 15) is 14.0 Å². The fourth-order valence-corrected chi connectivity index (χ4v) is 4.65. The molecule has 1 aromatic heterocycles. The van der Waals surface area contributed by atoms with Gasteiger partial charge in [-0.2, -0.15) is 5.10 Å². The minimum atomic E-state index is -0.366. The molecule has 8 nitrogen and oxygen atoms in total. The molecule has 0 radical (unpaired) electrons. The van der Waals surface area contributed by atoms with E-state index in [1.807, 2.05) is 24.3 Å². The molecule has 0 spiro atoms. The Morgan fingerprint density at radius 2 is 1.71 bits per heavy atom. The number of hydrogen-bond donors (Lipinski definition) is 2. The van der Waals surface area contributed by atoms with Crippen LogP contribution in [0.3, 0.4) is 0 Å². The second kappa shape index (κ2) is 9.87. The molecule has 2 aromatic carbocycles. The second-order valence-corrected chi connectivity index (χ2v) is 9.24. The molecule has 1 atom stereocenters. The maximum absolute atomic E-state index is 13.2. The van der Waals surface area contributed by atoms with Gasteiger partial charge in [0.2, 0.25) is 0 Å². The summed E-state index contributed by atoms with van der Waals surface area (Å²) < 4.78 is 13.2. The van der Waals surface area contributed by atoms with Gasteiger partial charge in [-0.3, -0.25) is 14.7 Å². The first kappa shape index (κ1) is 23.0. The zero-order chi connectivity index (χ0) is 24.4. The van der Waals surface area contributed by atoms with Crippen LogP contribution < -0.4 is 10.2 Å². The van der Waals surface area contributed by atoms with Crippen molar-refractivity contribution in [2.75, 3.05) is 56.5 Å². The third kappa shape index (κ3) is 5.19. The Morgan fingerprint density at radius 3 is 2.43 bits per heavy atom. The lowest BCUT2D eigenvalue weighted by Gasteiger charge is -2.34. The average Bonchev–Trinajstić information content (AvgIpc) is 3.55. The van der Waals surface area contributed by atoms with Crippen molar-refractivity contribution in [1.29, 1.82) is 0 Å². The molecule has 2 aliphatic rings. The van der Waals surface area contributed by atoms with E-state index >= 15 is 0 Å². The monoisotopic (exact) mass is 476 g/mol. The minimum Gasteiger partial charge on any atom is -0.369 e. The zero-order valence-electron chi connectivity index (χ0n) is 19.7. The number of hydrogen-bond acceptors (Lipinski definition) is 5. The Balaban J connectivity index is 1.17. The molecule has 35 heavy (non-hydrogen) atoms. The number of nitrogens with one attached hydrogen (secondary N) is 2. The Kier molecular flexibility index (Phi) is 6.50. The summed E-state index contributed by atoms with van der Waals surface area (Å²) in [5.41, 5.74) is 3.48. The van der Waals surface area contributed by atoms with E-state index in [-0.39, 0.29) is 23.5 Å². The van der Waals surface area contributed by atoms with Crippen LogP contribution in [-0.2, 0) is 0 Å². The second-order valence-electron chi connectivity index (χ2n) is 9.24.